The second-order valence-electron chi connectivity index (χ2n) is 2.69. The Labute approximate surface area is 94.3 Å². The Morgan fingerprint density at radius 2 is 1.76 bits per heavy atom. The zero-order chi connectivity index (χ0) is 13.1. The fourth-order valence-corrected chi connectivity index (χ4v) is 1.31. The van der Waals surface area contributed by atoms with Gasteiger partial charge in [0.25, 0.3) is 0 Å². The van der Waals surface area contributed by atoms with Gasteiger partial charge in [-0.25, -0.2) is 17.4 Å². The van der Waals surface area contributed by atoms with E-state index in [4.69, 9.17) is 5.26 Å². The highest BCUT2D eigenvalue weighted by Crippen LogP contribution is 2.16. The minimum absolute atomic E-state index is 0.361. The van der Waals surface area contributed by atoms with Crippen LogP contribution in [0.15, 0.2) is 12.1 Å². The first-order valence-corrected chi connectivity index (χ1v) is 5.29. The maximum atomic E-state index is 13.0. The molecule has 0 aromatic heterocycles. The molecule has 0 N–H and O–H groups in total. The molecule has 0 spiro atoms. The Hall–Kier alpha value is -1.79. The predicted molar refractivity (Wildman–Crippen MR) is 46.7 cm³/mol. The van der Waals surface area contributed by atoms with E-state index < -0.39 is 40.0 Å². The van der Waals surface area contributed by atoms with E-state index in [9.17, 15) is 21.6 Å². The van der Waals surface area contributed by atoms with Gasteiger partial charge in [0.05, 0.1) is 5.56 Å². The van der Waals surface area contributed by atoms with E-state index in [0.29, 0.717) is 12.1 Å². The van der Waals surface area contributed by atoms with Crippen molar-refractivity contribution in [2.24, 2.45) is 0 Å². The minimum atomic E-state index is -4.66. The highest BCUT2D eigenvalue weighted by molar-refractivity contribution is 7.82. The molecule has 0 bridgehead atoms. The second-order valence-corrected chi connectivity index (χ2v) is 3.91. The summed E-state index contributed by atoms with van der Waals surface area (Å²) >= 11 is 0. The molecule has 92 valence electrons. The first kappa shape index (κ1) is 13.3. The molecule has 9 heteroatoms. The SMILES string of the molecule is N#COS(=O)(=O)OCc1c(F)cc(F)cc1F. The Bertz CT molecular complexity index is 544. The van der Waals surface area contributed by atoms with E-state index >= 15 is 0 Å². The van der Waals surface area contributed by atoms with Crippen molar-refractivity contribution in [3.63, 3.8) is 0 Å². The van der Waals surface area contributed by atoms with Crippen molar-refractivity contribution in [3.8, 4) is 6.26 Å². The molecular weight excluding hydrogens is 263 g/mol. The van der Waals surface area contributed by atoms with Crippen LogP contribution in [-0.4, -0.2) is 8.42 Å². The topological polar surface area (TPSA) is 76.4 Å². The molecule has 0 heterocycles. The molecule has 1 aromatic carbocycles. The summed E-state index contributed by atoms with van der Waals surface area (Å²) in [6.07, 6.45) is 0.822. The summed E-state index contributed by atoms with van der Waals surface area (Å²) < 4.78 is 67.4. The molecule has 0 unspecified atom stereocenters. The third-order valence-electron chi connectivity index (χ3n) is 1.59. The highest BCUT2D eigenvalue weighted by atomic mass is 32.3. The van der Waals surface area contributed by atoms with Crippen LogP contribution in [0, 0.1) is 29.0 Å². The average Bonchev–Trinajstić information content (AvgIpc) is 2.15. The van der Waals surface area contributed by atoms with Gasteiger partial charge in [-0.3, -0.25) is 4.18 Å². The van der Waals surface area contributed by atoms with E-state index in [1.54, 1.807) is 0 Å². The van der Waals surface area contributed by atoms with Crippen molar-refractivity contribution in [2.45, 2.75) is 6.61 Å². The summed E-state index contributed by atoms with van der Waals surface area (Å²) in [5, 5.41) is 7.92. The fourth-order valence-electron chi connectivity index (χ4n) is 0.911. The van der Waals surface area contributed by atoms with Crippen molar-refractivity contribution in [3.05, 3.63) is 35.1 Å². The molecule has 0 aliphatic carbocycles. The lowest BCUT2D eigenvalue weighted by Gasteiger charge is -2.04. The van der Waals surface area contributed by atoms with E-state index in [1.807, 2.05) is 0 Å². The number of hydrogen-bond donors (Lipinski definition) is 0. The Balaban J connectivity index is 2.88. The van der Waals surface area contributed by atoms with Gasteiger partial charge in [-0.2, -0.15) is 8.42 Å². The zero-order valence-electron chi connectivity index (χ0n) is 7.98. The summed E-state index contributed by atoms with van der Waals surface area (Å²) in [4.78, 5) is 0. The van der Waals surface area contributed by atoms with E-state index in [-0.39, 0.29) is 0 Å². The van der Waals surface area contributed by atoms with Gasteiger partial charge in [0.15, 0.2) is 0 Å². The average molecular weight is 267 g/mol. The Kier molecular flexibility index (Phi) is 3.93. The summed E-state index contributed by atoms with van der Waals surface area (Å²) in [6.45, 7) is -1.05. The van der Waals surface area contributed by atoms with Crippen LogP contribution in [-0.2, 0) is 25.4 Å². The third kappa shape index (κ3) is 3.61. The Morgan fingerprint density at radius 1 is 1.24 bits per heavy atom. The van der Waals surface area contributed by atoms with E-state index in [0.717, 1.165) is 6.26 Å². The molecule has 0 aliphatic heterocycles. The molecule has 1 rings (SSSR count). The lowest BCUT2D eigenvalue weighted by Crippen LogP contribution is -2.09. The highest BCUT2D eigenvalue weighted by Gasteiger charge is 2.17. The van der Waals surface area contributed by atoms with Crippen molar-refractivity contribution >= 4 is 10.4 Å². The minimum Gasteiger partial charge on any atom is -0.281 e. The van der Waals surface area contributed by atoms with Crippen molar-refractivity contribution < 1.29 is 30.0 Å². The standard InChI is InChI=1S/C8H4F3NO4S/c9-5-1-7(10)6(8(11)2-5)3-15-17(13,14)16-4-12/h1-2H,3H2. The lowest BCUT2D eigenvalue weighted by atomic mass is 10.2. The molecule has 0 fully saturated rings. The van der Waals surface area contributed by atoms with Crippen molar-refractivity contribution in [1.29, 1.82) is 5.26 Å². The summed E-state index contributed by atoms with van der Waals surface area (Å²) in [6, 6.07) is 0.721. The van der Waals surface area contributed by atoms with Gasteiger partial charge in [-0.15, -0.1) is 5.26 Å². The van der Waals surface area contributed by atoms with E-state index in [1.165, 1.54) is 0 Å². The van der Waals surface area contributed by atoms with Gasteiger partial charge in [0, 0.05) is 12.1 Å². The van der Waals surface area contributed by atoms with Gasteiger partial charge in [-0.1, -0.05) is 0 Å². The summed E-state index contributed by atoms with van der Waals surface area (Å²) in [5.41, 5.74) is -0.795. The molecule has 0 aliphatic rings. The monoisotopic (exact) mass is 267 g/mol. The molecule has 5 nitrogen and oxygen atoms in total. The predicted octanol–water partition coefficient (Wildman–Crippen LogP) is 1.36. The van der Waals surface area contributed by atoms with Gasteiger partial charge < -0.3 is 0 Å². The molecule has 0 radical (unpaired) electrons. The smallest absolute Gasteiger partial charge is 0.281 e. The van der Waals surface area contributed by atoms with Crippen LogP contribution in [0.25, 0.3) is 0 Å². The van der Waals surface area contributed by atoms with Crippen LogP contribution in [0.2, 0.25) is 0 Å². The summed E-state index contributed by atoms with van der Waals surface area (Å²) in [5.74, 6) is -3.77. The number of nitrogens with zero attached hydrogens (tertiary/aromatic N) is 1. The van der Waals surface area contributed by atoms with Crippen LogP contribution < -0.4 is 0 Å². The van der Waals surface area contributed by atoms with Crippen LogP contribution in [0.5, 0.6) is 0 Å². The third-order valence-corrected chi connectivity index (χ3v) is 2.28. The molecule has 1 aromatic rings. The van der Waals surface area contributed by atoms with Gasteiger partial charge in [0.2, 0.25) is 0 Å². The summed E-state index contributed by atoms with van der Waals surface area (Å²) in [7, 11) is -4.66. The van der Waals surface area contributed by atoms with Gasteiger partial charge >= 0.3 is 16.7 Å². The molecule has 0 saturated carbocycles. The largest absolute Gasteiger partial charge is 0.459 e. The normalized spacial score (nSPS) is 10.9. The van der Waals surface area contributed by atoms with Gasteiger partial charge in [0.1, 0.15) is 24.1 Å². The maximum absolute atomic E-state index is 13.0. The number of rotatable bonds is 4. The number of hydrogen-bond acceptors (Lipinski definition) is 5. The molecule has 0 saturated heterocycles. The van der Waals surface area contributed by atoms with Crippen LogP contribution in [0.4, 0.5) is 13.2 Å². The van der Waals surface area contributed by atoms with E-state index in [2.05, 4.69) is 8.37 Å². The van der Waals surface area contributed by atoms with Crippen LogP contribution in [0.3, 0.4) is 0 Å². The molecule has 17 heavy (non-hydrogen) atoms. The number of benzene rings is 1. The first-order valence-electron chi connectivity index (χ1n) is 3.96. The maximum Gasteiger partial charge on any atom is 0.459 e. The molecule has 0 amide bonds. The number of halogens is 3. The Morgan fingerprint density at radius 3 is 2.24 bits per heavy atom. The second kappa shape index (κ2) is 5.03. The van der Waals surface area contributed by atoms with Crippen LogP contribution in [0.1, 0.15) is 5.56 Å². The quantitative estimate of drug-likeness (QED) is 0.770. The zero-order valence-corrected chi connectivity index (χ0v) is 8.80. The first-order chi connectivity index (χ1) is 7.85. The fraction of sp³-hybridized carbons (Fsp3) is 0.125. The van der Waals surface area contributed by atoms with Crippen molar-refractivity contribution in [1.82, 2.24) is 0 Å². The number of nitriles is 1. The van der Waals surface area contributed by atoms with Crippen LogP contribution >= 0.6 is 0 Å². The van der Waals surface area contributed by atoms with Gasteiger partial charge in [-0.05, 0) is 0 Å². The molecular formula is C8H4F3NO4S. The van der Waals surface area contributed by atoms with Crippen molar-refractivity contribution in [2.75, 3.05) is 0 Å². The lowest BCUT2D eigenvalue weighted by molar-refractivity contribution is 0.247. The molecule has 0 atom stereocenters.